The summed E-state index contributed by atoms with van der Waals surface area (Å²) >= 11 is 0. The summed E-state index contributed by atoms with van der Waals surface area (Å²) in [7, 11) is 1.36. The number of hydrogen-bond acceptors (Lipinski definition) is 4. The number of ether oxygens (including phenoxy) is 1. The van der Waals surface area contributed by atoms with Crippen LogP contribution in [0.2, 0.25) is 0 Å². The van der Waals surface area contributed by atoms with Gasteiger partial charge in [-0.1, -0.05) is 34.6 Å². The molecular formula is C19H40N4O3. The molecule has 1 heterocycles. The number of amidine groups is 1. The summed E-state index contributed by atoms with van der Waals surface area (Å²) < 4.78 is 4.42. The van der Waals surface area contributed by atoms with Crippen LogP contribution in [0.3, 0.4) is 0 Å². The lowest BCUT2D eigenvalue weighted by molar-refractivity contribution is -0.117. The number of likely N-dealkylation sites (tertiary alicyclic amines) is 1. The number of amides is 2. The van der Waals surface area contributed by atoms with Gasteiger partial charge in [0.25, 0.3) is 0 Å². The molecule has 1 aliphatic heterocycles. The van der Waals surface area contributed by atoms with Crippen LogP contribution in [-0.2, 0) is 9.53 Å². The Morgan fingerprint density at radius 1 is 1.35 bits per heavy atom. The topological polar surface area (TPSA) is 97.0 Å². The molecule has 1 fully saturated rings. The average Bonchev–Trinajstić information content (AvgIpc) is 3.12. The summed E-state index contributed by atoms with van der Waals surface area (Å²) in [4.78, 5) is 27.4. The molecule has 0 aromatic heterocycles. The van der Waals surface area contributed by atoms with Crippen molar-refractivity contribution in [2.75, 3.05) is 13.7 Å². The maximum atomic E-state index is 10.7. The molecule has 3 atom stereocenters. The average molecular weight is 373 g/mol. The van der Waals surface area contributed by atoms with Gasteiger partial charge in [-0.2, -0.15) is 0 Å². The fourth-order valence-electron chi connectivity index (χ4n) is 2.08. The van der Waals surface area contributed by atoms with Crippen LogP contribution in [0, 0.1) is 5.92 Å². The van der Waals surface area contributed by atoms with Crippen molar-refractivity contribution in [3.63, 3.8) is 0 Å². The number of alkyl carbamates (subject to hydrolysis) is 1. The van der Waals surface area contributed by atoms with Gasteiger partial charge in [0.05, 0.1) is 13.2 Å². The first-order chi connectivity index (χ1) is 12.3. The van der Waals surface area contributed by atoms with E-state index in [-0.39, 0.29) is 24.2 Å². The Labute approximate surface area is 159 Å². The Balaban J connectivity index is 0. The zero-order chi connectivity index (χ0) is 20.7. The smallest absolute Gasteiger partial charge is 0.407 e. The molecule has 0 radical (unpaired) electrons. The summed E-state index contributed by atoms with van der Waals surface area (Å²) in [6, 6.07) is 0.470. The van der Waals surface area contributed by atoms with Crippen LogP contribution in [0.15, 0.2) is 4.99 Å². The number of nitrogens with one attached hydrogen (secondary N) is 1. The first-order valence-electron chi connectivity index (χ1n) is 9.65. The highest BCUT2D eigenvalue weighted by molar-refractivity contribution is 5.87. The second-order valence-electron chi connectivity index (χ2n) is 6.48. The maximum absolute atomic E-state index is 10.7. The first kappa shape index (κ1) is 26.4. The minimum Gasteiger partial charge on any atom is -0.453 e. The zero-order valence-electron chi connectivity index (χ0n) is 17.9. The van der Waals surface area contributed by atoms with Crippen molar-refractivity contribution in [1.82, 2.24) is 10.2 Å². The van der Waals surface area contributed by atoms with Crippen molar-refractivity contribution < 1.29 is 14.3 Å². The monoisotopic (exact) mass is 372 g/mol. The fraction of sp³-hybridized carbons (Fsp3) is 0.842. The lowest BCUT2D eigenvalue weighted by atomic mass is 10.1. The van der Waals surface area contributed by atoms with Crippen LogP contribution < -0.4 is 11.1 Å². The highest BCUT2D eigenvalue weighted by Crippen LogP contribution is 2.15. The maximum Gasteiger partial charge on any atom is 0.407 e. The van der Waals surface area contributed by atoms with Gasteiger partial charge in [0.2, 0.25) is 6.41 Å². The van der Waals surface area contributed by atoms with Crippen molar-refractivity contribution in [3.8, 4) is 0 Å². The molecule has 7 nitrogen and oxygen atoms in total. The molecule has 26 heavy (non-hydrogen) atoms. The van der Waals surface area contributed by atoms with Gasteiger partial charge in [-0.15, -0.1) is 0 Å². The standard InChI is InChI=1S/C10H19N3O.C7H15NO2.C2H6/c1-3-8(2)12-10(11)9-5-4-6-13(9)7-14;1-5(2)6(3)8-7(9)10-4;1-2/h7-9H,3-6H2,1-2H3,(H2,11,12);5-6H,1-4H3,(H,8,9);1-2H3. The molecule has 7 heteroatoms. The third-order valence-electron chi connectivity index (χ3n) is 4.26. The van der Waals surface area contributed by atoms with E-state index in [0.717, 1.165) is 32.2 Å². The summed E-state index contributed by atoms with van der Waals surface area (Å²) in [5.41, 5.74) is 5.87. The predicted octanol–water partition coefficient (Wildman–Crippen LogP) is 3.18. The van der Waals surface area contributed by atoms with Crippen LogP contribution in [0.25, 0.3) is 0 Å². The zero-order valence-corrected chi connectivity index (χ0v) is 17.9. The lowest BCUT2D eigenvalue weighted by Gasteiger charge is -2.20. The molecule has 1 aliphatic rings. The summed E-state index contributed by atoms with van der Waals surface area (Å²) in [5, 5.41) is 2.67. The molecule has 1 saturated heterocycles. The van der Waals surface area contributed by atoms with Gasteiger partial charge in [0.1, 0.15) is 5.84 Å². The third kappa shape index (κ3) is 10.9. The van der Waals surface area contributed by atoms with Gasteiger partial charge in [-0.05, 0) is 39.0 Å². The largest absolute Gasteiger partial charge is 0.453 e. The van der Waals surface area contributed by atoms with Crippen molar-refractivity contribution in [3.05, 3.63) is 0 Å². The number of carbonyl (C=O) groups is 2. The molecule has 3 N–H and O–H groups in total. The van der Waals surface area contributed by atoms with E-state index in [1.165, 1.54) is 7.11 Å². The van der Waals surface area contributed by atoms with Crippen molar-refractivity contribution in [1.29, 1.82) is 0 Å². The second kappa shape index (κ2) is 15.5. The highest BCUT2D eigenvalue weighted by atomic mass is 16.5. The quantitative estimate of drug-likeness (QED) is 0.425. The van der Waals surface area contributed by atoms with E-state index < -0.39 is 0 Å². The molecule has 3 unspecified atom stereocenters. The fourth-order valence-corrected chi connectivity index (χ4v) is 2.08. The predicted molar refractivity (Wildman–Crippen MR) is 108 cm³/mol. The molecular weight excluding hydrogens is 332 g/mol. The molecule has 0 saturated carbocycles. The van der Waals surface area contributed by atoms with Crippen LogP contribution in [-0.4, -0.2) is 55.0 Å². The van der Waals surface area contributed by atoms with Gasteiger partial charge in [-0.3, -0.25) is 9.79 Å². The molecule has 154 valence electrons. The summed E-state index contributed by atoms with van der Waals surface area (Å²) in [6.07, 6.45) is 3.47. The SMILES string of the molecule is CC.CCC(C)N=C(N)C1CCCN1C=O.COC(=O)NC(C)C(C)C. The van der Waals surface area contributed by atoms with Gasteiger partial charge >= 0.3 is 6.09 Å². The lowest BCUT2D eigenvalue weighted by Crippen LogP contribution is -2.40. The Morgan fingerprint density at radius 2 is 1.92 bits per heavy atom. The van der Waals surface area contributed by atoms with E-state index >= 15 is 0 Å². The molecule has 0 bridgehead atoms. The number of nitrogens with zero attached hydrogens (tertiary/aromatic N) is 2. The van der Waals surface area contributed by atoms with Gasteiger partial charge in [-0.25, -0.2) is 4.79 Å². The van der Waals surface area contributed by atoms with E-state index in [2.05, 4.69) is 22.0 Å². The van der Waals surface area contributed by atoms with Gasteiger partial charge in [0, 0.05) is 18.6 Å². The molecule has 0 spiro atoms. The molecule has 1 rings (SSSR count). The van der Waals surface area contributed by atoms with Crippen LogP contribution in [0.4, 0.5) is 4.79 Å². The Bertz CT molecular complexity index is 414. The minimum absolute atomic E-state index is 0.0431. The first-order valence-corrected chi connectivity index (χ1v) is 9.65. The number of nitrogens with two attached hydrogens (primary N) is 1. The van der Waals surface area contributed by atoms with Gasteiger partial charge in [0.15, 0.2) is 0 Å². The highest BCUT2D eigenvalue weighted by Gasteiger charge is 2.26. The minimum atomic E-state index is -0.360. The second-order valence-corrected chi connectivity index (χ2v) is 6.48. The van der Waals surface area contributed by atoms with Crippen LogP contribution in [0.1, 0.15) is 67.7 Å². The van der Waals surface area contributed by atoms with Crippen molar-refractivity contribution in [2.45, 2.75) is 85.9 Å². The molecule has 2 amide bonds. The summed E-state index contributed by atoms with van der Waals surface area (Å²) in [5.74, 6) is 1.06. The molecule has 0 aromatic rings. The van der Waals surface area contributed by atoms with E-state index in [4.69, 9.17) is 5.73 Å². The Hall–Kier alpha value is -1.79. The Kier molecular flexibility index (Phi) is 15.7. The normalized spacial score (nSPS) is 18.7. The van der Waals surface area contributed by atoms with E-state index in [9.17, 15) is 9.59 Å². The molecule has 0 aromatic carbocycles. The van der Waals surface area contributed by atoms with Gasteiger partial charge < -0.3 is 20.7 Å². The van der Waals surface area contributed by atoms with Crippen LogP contribution in [0.5, 0.6) is 0 Å². The van der Waals surface area contributed by atoms with Crippen molar-refractivity contribution in [2.24, 2.45) is 16.6 Å². The number of rotatable bonds is 6. The number of hydrogen-bond donors (Lipinski definition) is 2. The number of carbonyl (C=O) groups excluding carboxylic acids is 2. The number of methoxy groups -OCH3 is 1. The Morgan fingerprint density at radius 3 is 2.35 bits per heavy atom. The van der Waals surface area contributed by atoms with Crippen LogP contribution >= 0.6 is 0 Å². The number of aliphatic imine (C=N–C) groups is 1. The van der Waals surface area contributed by atoms with E-state index in [0.29, 0.717) is 11.8 Å². The van der Waals surface area contributed by atoms with E-state index in [1.54, 1.807) is 4.90 Å². The third-order valence-corrected chi connectivity index (χ3v) is 4.26. The van der Waals surface area contributed by atoms with Crippen molar-refractivity contribution >= 4 is 18.3 Å². The van der Waals surface area contributed by atoms with E-state index in [1.807, 2.05) is 41.5 Å². The molecule has 0 aliphatic carbocycles. The summed E-state index contributed by atoms with van der Waals surface area (Å²) in [6.45, 7) is 15.0.